The Labute approximate surface area is 164 Å². The number of halogens is 8. The van der Waals surface area contributed by atoms with Gasteiger partial charge in [0, 0.05) is 0 Å². The molecule has 0 aliphatic carbocycles. The molecule has 0 radical (unpaired) electrons. The number of alkyl halides is 8. The van der Waals surface area contributed by atoms with Crippen molar-refractivity contribution < 1.29 is 58.9 Å². The van der Waals surface area contributed by atoms with Crippen molar-refractivity contribution in [2.24, 2.45) is 0 Å². The maximum atomic E-state index is 13.2. The van der Waals surface area contributed by atoms with E-state index in [1.807, 2.05) is 0 Å². The molecule has 0 atom stereocenters. The number of benzene rings is 1. The van der Waals surface area contributed by atoms with Crippen LogP contribution in [-0.2, 0) is 25.7 Å². The molecule has 13 heteroatoms. The summed E-state index contributed by atoms with van der Waals surface area (Å²) in [4.78, 5) is 22.8. The van der Waals surface area contributed by atoms with Gasteiger partial charge in [0.05, 0.1) is 20.0 Å². The number of ether oxygens (including phenoxy) is 3. The molecule has 0 heterocycles. The molecule has 170 valence electrons. The zero-order chi connectivity index (χ0) is 23.2. The van der Waals surface area contributed by atoms with E-state index in [0.29, 0.717) is 11.3 Å². The number of carbonyl (C=O) groups is 2. The quantitative estimate of drug-likeness (QED) is 0.372. The van der Waals surface area contributed by atoms with Crippen molar-refractivity contribution in [1.29, 1.82) is 0 Å². The first-order valence-electron chi connectivity index (χ1n) is 8.10. The van der Waals surface area contributed by atoms with Crippen molar-refractivity contribution >= 4 is 11.9 Å². The van der Waals surface area contributed by atoms with Crippen molar-refractivity contribution in [2.75, 3.05) is 13.7 Å². The summed E-state index contributed by atoms with van der Waals surface area (Å²) in [5, 5.41) is 0. The fourth-order valence-corrected chi connectivity index (χ4v) is 1.88. The van der Waals surface area contributed by atoms with Crippen LogP contribution in [0.1, 0.15) is 18.4 Å². The number of rotatable bonds is 11. The molecule has 0 amide bonds. The van der Waals surface area contributed by atoms with Crippen LogP contribution in [-0.4, -0.2) is 49.8 Å². The number of hydrogen-bond donors (Lipinski definition) is 0. The standard InChI is InChI=1S/C17H16F8O5/c1-28-11-4-2-10(3-5-11)8-29-12(26)6-7-13(27)30-9-15(20,21)17(24,25)16(22,23)14(18)19/h2-5,14H,6-9H2,1H3. The summed E-state index contributed by atoms with van der Waals surface area (Å²) in [7, 11) is 1.44. The zero-order valence-electron chi connectivity index (χ0n) is 15.3. The Morgan fingerprint density at radius 3 is 1.87 bits per heavy atom. The van der Waals surface area contributed by atoms with Crippen molar-refractivity contribution in [3.8, 4) is 5.75 Å². The van der Waals surface area contributed by atoms with E-state index < -0.39 is 55.6 Å². The van der Waals surface area contributed by atoms with Crippen LogP contribution in [0.4, 0.5) is 35.1 Å². The highest BCUT2D eigenvalue weighted by Crippen LogP contribution is 2.48. The lowest BCUT2D eigenvalue weighted by atomic mass is 10.1. The summed E-state index contributed by atoms with van der Waals surface area (Å²) in [6, 6.07) is 6.29. The van der Waals surface area contributed by atoms with E-state index in [-0.39, 0.29) is 6.61 Å². The average molecular weight is 452 g/mol. The molecule has 0 fully saturated rings. The van der Waals surface area contributed by atoms with E-state index in [1.54, 1.807) is 24.3 Å². The van der Waals surface area contributed by atoms with Crippen molar-refractivity contribution in [3.63, 3.8) is 0 Å². The van der Waals surface area contributed by atoms with Crippen molar-refractivity contribution in [2.45, 2.75) is 43.6 Å². The van der Waals surface area contributed by atoms with Gasteiger partial charge in [0.2, 0.25) is 0 Å². The predicted octanol–water partition coefficient (Wildman–Crippen LogP) is 4.23. The molecule has 0 unspecified atom stereocenters. The highest BCUT2D eigenvalue weighted by Gasteiger charge is 2.75. The van der Waals surface area contributed by atoms with E-state index in [2.05, 4.69) is 4.74 Å². The fraction of sp³-hybridized carbons (Fsp3) is 0.529. The SMILES string of the molecule is COc1ccc(COC(=O)CCC(=O)OCC(F)(F)C(F)(F)C(F)(F)C(F)F)cc1. The third-order valence-electron chi connectivity index (χ3n) is 3.66. The van der Waals surface area contributed by atoms with E-state index in [9.17, 15) is 44.7 Å². The zero-order valence-corrected chi connectivity index (χ0v) is 15.3. The van der Waals surface area contributed by atoms with Crippen LogP contribution in [0.5, 0.6) is 5.75 Å². The van der Waals surface area contributed by atoms with Crippen LogP contribution in [0, 0.1) is 0 Å². The molecule has 1 aromatic rings. The Hall–Kier alpha value is -2.60. The van der Waals surface area contributed by atoms with E-state index in [1.165, 1.54) is 7.11 Å². The summed E-state index contributed by atoms with van der Waals surface area (Å²) < 4.78 is 115. The molecule has 1 rings (SSSR count). The molecule has 0 aliphatic heterocycles. The lowest BCUT2D eigenvalue weighted by molar-refractivity contribution is -0.344. The average Bonchev–Trinajstić information content (AvgIpc) is 2.69. The maximum absolute atomic E-state index is 13.2. The summed E-state index contributed by atoms with van der Waals surface area (Å²) in [5.41, 5.74) is 0.550. The largest absolute Gasteiger partial charge is 0.497 e. The predicted molar refractivity (Wildman–Crippen MR) is 83.8 cm³/mol. The van der Waals surface area contributed by atoms with Gasteiger partial charge in [-0.25, -0.2) is 8.78 Å². The highest BCUT2D eigenvalue weighted by atomic mass is 19.4. The van der Waals surface area contributed by atoms with Crippen LogP contribution in [0.15, 0.2) is 24.3 Å². The molecular formula is C17H16F8O5. The van der Waals surface area contributed by atoms with Gasteiger partial charge in [-0.1, -0.05) is 12.1 Å². The molecule has 1 aromatic carbocycles. The van der Waals surface area contributed by atoms with Gasteiger partial charge >= 0.3 is 36.1 Å². The molecule has 0 saturated heterocycles. The van der Waals surface area contributed by atoms with Crippen LogP contribution in [0.3, 0.4) is 0 Å². The Bertz CT molecular complexity index is 721. The second-order valence-electron chi connectivity index (χ2n) is 5.87. The Kier molecular flexibility index (Phi) is 8.43. The molecule has 0 bridgehead atoms. The molecular weight excluding hydrogens is 436 g/mol. The minimum Gasteiger partial charge on any atom is -0.497 e. The van der Waals surface area contributed by atoms with Gasteiger partial charge in [-0.3, -0.25) is 9.59 Å². The number of hydrogen-bond acceptors (Lipinski definition) is 5. The second-order valence-corrected chi connectivity index (χ2v) is 5.87. The first-order valence-corrected chi connectivity index (χ1v) is 8.10. The van der Waals surface area contributed by atoms with E-state index >= 15 is 0 Å². The minimum atomic E-state index is -6.48. The smallest absolute Gasteiger partial charge is 0.381 e. The van der Waals surface area contributed by atoms with Gasteiger partial charge in [0.1, 0.15) is 12.4 Å². The summed E-state index contributed by atoms with van der Waals surface area (Å²) >= 11 is 0. The minimum absolute atomic E-state index is 0.203. The topological polar surface area (TPSA) is 61.8 Å². The molecule has 0 N–H and O–H groups in total. The molecule has 5 nitrogen and oxygen atoms in total. The van der Waals surface area contributed by atoms with Crippen LogP contribution >= 0.6 is 0 Å². The number of methoxy groups -OCH3 is 1. The third kappa shape index (κ3) is 6.20. The van der Waals surface area contributed by atoms with Gasteiger partial charge in [0.15, 0.2) is 6.61 Å². The third-order valence-corrected chi connectivity index (χ3v) is 3.66. The van der Waals surface area contributed by atoms with Gasteiger partial charge in [-0.05, 0) is 17.7 Å². The van der Waals surface area contributed by atoms with Gasteiger partial charge in [-0.15, -0.1) is 0 Å². The molecule has 0 aliphatic rings. The number of esters is 2. The van der Waals surface area contributed by atoms with Crippen molar-refractivity contribution in [1.82, 2.24) is 0 Å². The van der Waals surface area contributed by atoms with Gasteiger partial charge in [-0.2, -0.15) is 26.3 Å². The molecule has 0 saturated carbocycles. The molecule has 0 aromatic heterocycles. The Morgan fingerprint density at radius 1 is 0.900 bits per heavy atom. The van der Waals surface area contributed by atoms with Gasteiger partial charge in [0.25, 0.3) is 0 Å². The molecule has 0 spiro atoms. The Morgan fingerprint density at radius 2 is 1.40 bits per heavy atom. The van der Waals surface area contributed by atoms with E-state index in [0.717, 1.165) is 0 Å². The van der Waals surface area contributed by atoms with Crippen molar-refractivity contribution in [3.05, 3.63) is 29.8 Å². The summed E-state index contributed by atoms with van der Waals surface area (Å²) in [6.07, 6.45) is -6.66. The number of carbonyl (C=O) groups excluding carboxylic acids is 2. The lowest BCUT2D eigenvalue weighted by Crippen LogP contribution is -2.59. The first-order chi connectivity index (χ1) is 13.7. The van der Waals surface area contributed by atoms with Gasteiger partial charge < -0.3 is 14.2 Å². The Balaban J connectivity index is 2.47. The van der Waals surface area contributed by atoms with Crippen LogP contribution in [0.25, 0.3) is 0 Å². The summed E-state index contributed by atoms with van der Waals surface area (Å²) in [6.45, 7) is -2.78. The first kappa shape index (κ1) is 25.4. The monoisotopic (exact) mass is 452 g/mol. The van der Waals surface area contributed by atoms with E-state index in [4.69, 9.17) is 9.47 Å². The maximum Gasteiger partial charge on any atom is 0.381 e. The normalized spacial score (nSPS) is 12.6. The fourth-order valence-electron chi connectivity index (χ4n) is 1.88. The van der Waals surface area contributed by atoms with Crippen LogP contribution in [0.2, 0.25) is 0 Å². The van der Waals surface area contributed by atoms with Crippen LogP contribution < -0.4 is 4.74 Å². The molecule has 30 heavy (non-hydrogen) atoms. The summed E-state index contributed by atoms with van der Waals surface area (Å²) in [5.74, 6) is -20.7. The lowest BCUT2D eigenvalue weighted by Gasteiger charge is -2.31. The second kappa shape index (κ2) is 9.94. The highest BCUT2D eigenvalue weighted by molar-refractivity contribution is 5.77.